The highest BCUT2D eigenvalue weighted by atomic mass is 16.2. The molecule has 0 aliphatic rings. The van der Waals surface area contributed by atoms with Gasteiger partial charge in [0.15, 0.2) is 0 Å². The second kappa shape index (κ2) is 9.92. The molecule has 4 heteroatoms. The maximum atomic E-state index is 11.8. The van der Waals surface area contributed by atoms with E-state index < -0.39 is 0 Å². The molecule has 0 aliphatic heterocycles. The molecule has 0 spiro atoms. The Morgan fingerprint density at radius 1 is 0.630 bits per heavy atom. The summed E-state index contributed by atoms with van der Waals surface area (Å²) >= 11 is 0. The third kappa shape index (κ3) is 7.16. The third-order valence-electron chi connectivity index (χ3n) is 3.72. The van der Waals surface area contributed by atoms with E-state index in [0.29, 0.717) is 5.56 Å². The van der Waals surface area contributed by atoms with Gasteiger partial charge in [0.25, 0.3) is 5.91 Å². The summed E-state index contributed by atoms with van der Waals surface area (Å²) in [7, 11) is 0. The van der Waals surface area contributed by atoms with E-state index in [1.807, 2.05) is 80.6 Å². The van der Waals surface area contributed by atoms with Gasteiger partial charge in [-0.3, -0.25) is 9.59 Å². The molecule has 0 radical (unpaired) electrons. The van der Waals surface area contributed by atoms with Crippen LogP contribution in [-0.4, -0.2) is 11.8 Å². The van der Waals surface area contributed by atoms with E-state index >= 15 is 0 Å². The number of carbonyl (C=O) groups is 2. The first-order valence-corrected chi connectivity index (χ1v) is 8.71. The molecule has 0 saturated carbocycles. The van der Waals surface area contributed by atoms with Crippen molar-refractivity contribution < 1.29 is 9.59 Å². The van der Waals surface area contributed by atoms with Crippen LogP contribution >= 0.6 is 0 Å². The Hall–Kier alpha value is -3.40. The Morgan fingerprint density at radius 3 is 1.52 bits per heavy atom. The molecular formula is C23H24N2O2. The van der Waals surface area contributed by atoms with E-state index in [0.717, 1.165) is 11.4 Å². The highest BCUT2D eigenvalue weighted by Gasteiger charge is 2.03. The van der Waals surface area contributed by atoms with Crippen LogP contribution in [0.4, 0.5) is 11.4 Å². The fraction of sp³-hybridized carbons (Fsp3) is 0.130. The fourth-order valence-electron chi connectivity index (χ4n) is 2.27. The molecule has 0 aromatic heterocycles. The van der Waals surface area contributed by atoms with Crippen molar-refractivity contribution in [2.24, 2.45) is 0 Å². The second-order valence-corrected chi connectivity index (χ2v) is 6.23. The summed E-state index contributed by atoms with van der Waals surface area (Å²) in [6, 6.07) is 24.6. The molecule has 0 bridgehead atoms. The quantitative estimate of drug-likeness (QED) is 0.674. The zero-order valence-electron chi connectivity index (χ0n) is 15.8. The van der Waals surface area contributed by atoms with Gasteiger partial charge in [-0.25, -0.2) is 0 Å². The number of rotatable bonds is 3. The molecule has 3 rings (SSSR count). The number of aryl methyl sites for hydroxylation is 2. The Kier molecular flexibility index (Phi) is 7.32. The lowest BCUT2D eigenvalue weighted by Gasteiger charge is -2.05. The van der Waals surface area contributed by atoms with E-state index in [1.165, 1.54) is 18.1 Å². The molecular weight excluding hydrogens is 336 g/mol. The molecule has 0 unspecified atom stereocenters. The summed E-state index contributed by atoms with van der Waals surface area (Å²) in [6.07, 6.45) is 0. The first kappa shape index (κ1) is 19.9. The van der Waals surface area contributed by atoms with Crippen LogP contribution in [-0.2, 0) is 4.79 Å². The predicted octanol–water partition coefficient (Wildman–Crippen LogP) is 5.20. The Balaban J connectivity index is 0.000000208. The van der Waals surface area contributed by atoms with Gasteiger partial charge < -0.3 is 10.6 Å². The van der Waals surface area contributed by atoms with Crippen molar-refractivity contribution in [3.8, 4) is 0 Å². The molecule has 27 heavy (non-hydrogen) atoms. The normalized spacial score (nSPS) is 9.59. The van der Waals surface area contributed by atoms with Gasteiger partial charge in [-0.15, -0.1) is 0 Å². The van der Waals surface area contributed by atoms with Crippen LogP contribution in [0, 0.1) is 13.8 Å². The minimum absolute atomic E-state index is 0.0335. The number of hydrogen-bond donors (Lipinski definition) is 2. The summed E-state index contributed by atoms with van der Waals surface area (Å²) in [4.78, 5) is 22.4. The molecule has 0 fully saturated rings. The number of anilines is 2. The Labute approximate surface area is 160 Å². The Morgan fingerprint density at radius 2 is 1.07 bits per heavy atom. The molecule has 0 heterocycles. The van der Waals surface area contributed by atoms with E-state index in [9.17, 15) is 9.59 Å². The van der Waals surface area contributed by atoms with E-state index in [-0.39, 0.29) is 11.8 Å². The highest BCUT2D eigenvalue weighted by Crippen LogP contribution is 2.10. The first-order chi connectivity index (χ1) is 12.9. The molecule has 0 saturated heterocycles. The van der Waals surface area contributed by atoms with E-state index in [2.05, 4.69) is 10.6 Å². The van der Waals surface area contributed by atoms with Crippen LogP contribution < -0.4 is 10.6 Å². The molecule has 2 N–H and O–H groups in total. The van der Waals surface area contributed by atoms with Gasteiger partial charge in [0.2, 0.25) is 5.91 Å². The minimum atomic E-state index is -0.0792. The van der Waals surface area contributed by atoms with Crippen molar-refractivity contribution >= 4 is 23.2 Å². The minimum Gasteiger partial charge on any atom is -0.326 e. The molecule has 0 atom stereocenters. The van der Waals surface area contributed by atoms with Crippen LogP contribution in [0.3, 0.4) is 0 Å². The smallest absolute Gasteiger partial charge is 0.255 e. The van der Waals surface area contributed by atoms with Crippen molar-refractivity contribution in [3.63, 3.8) is 0 Å². The highest BCUT2D eigenvalue weighted by molar-refractivity contribution is 6.04. The lowest BCUT2D eigenvalue weighted by molar-refractivity contribution is -0.114. The molecule has 3 aromatic carbocycles. The average molecular weight is 360 g/mol. The molecule has 4 nitrogen and oxygen atoms in total. The molecule has 138 valence electrons. The standard InChI is InChI=1S/C14H13NO.C9H11NO/c1-11-7-9-13(10-8-11)15-14(16)12-5-3-2-4-6-12;1-7-3-5-9(6-4-7)10-8(2)11/h2-10H,1H3,(H,15,16);3-6H,1-2H3,(H,10,11). The van der Waals surface area contributed by atoms with Crippen LogP contribution in [0.15, 0.2) is 78.9 Å². The molecule has 0 aliphatic carbocycles. The maximum absolute atomic E-state index is 11.8. The zero-order valence-corrected chi connectivity index (χ0v) is 15.8. The summed E-state index contributed by atoms with van der Waals surface area (Å²) in [5.41, 5.74) is 4.71. The number of amides is 2. The lowest BCUT2D eigenvalue weighted by Crippen LogP contribution is -2.11. The van der Waals surface area contributed by atoms with Gasteiger partial charge in [-0.05, 0) is 50.2 Å². The van der Waals surface area contributed by atoms with Crippen LogP contribution in [0.5, 0.6) is 0 Å². The van der Waals surface area contributed by atoms with Gasteiger partial charge >= 0.3 is 0 Å². The SMILES string of the molecule is CC(=O)Nc1ccc(C)cc1.Cc1ccc(NC(=O)c2ccccc2)cc1. The van der Waals surface area contributed by atoms with Crippen LogP contribution in [0.2, 0.25) is 0 Å². The summed E-state index contributed by atoms with van der Waals surface area (Å²) < 4.78 is 0. The molecule has 2 amide bonds. The monoisotopic (exact) mass is 360 g/mol. The van der Waals surface area contributed by atoms with Crippen molar-refractivity contribution in [2.45, 2.75) is 20.8 Å². The van der Waals surface area contributed by atoms with Gasteiger partial charge in [0.05, 0.1) is 0 Å². The first-order valence-electron chi connectivity index (χ1n) is 8.71. The van der Waals surface area contributed by atoms with Crippen molar-refractivity contribution in [1.29, 1.82) is 0 Å². The van der Waals surface area contributed by atoms with Crippen molar-refractivity contribution in [1.82, 2.24) is 0 Å². The van der Waals surface area contributed by atoms with Crippen molar-refractivity contribution in [3.05, 3.63) is 95.6 Å². The number of nitrogens with one attached hydrogen (secondary N) is 2. The van der Waals surface area contributed by atoms with Gasteiger partial charge in [0.1, 0.15) is 0 Å². The number of carbonyl (C=O) groups excluding carboxylic acids is 2. The largest absolute Gasteiger partial charge is 0.326 e. The summed E-state index contributed by atoms with van der Waals surface area (Å²) in [5.74, 6) is -0.113. The summed E-state index contributed by atoms with van der Waals surface area (Å²) in [6.45, 7) is 5.53. The maximum Gasteiger partial charge on any atom is 0.255 e. The third-order valence-corrected chi connectivity index (χ3v) is 3.72. The fourth-order valence-corrected chi connectivity index (χ4v) is 2.27. The number of benzene rings is 3. The predicted molar refractivity (Wildman–Crippen MR) is 111 cm³/mol. The second-order valence-electron chi connectivity index (χ2n) is 6.23. The van der Waals surface area contributed by atoms with Crippen LogP contribution in [0.1, 0.15) is 28.4 Å². The topological polar surface area (TPSA) is 58.2 Å². The Bertz CT molecular complexity index is 871. The summed E-state index contributed by atoms with van der Waals surface area (Å²) in [5, 5.41) is 5.54. The average Bonchev–Trinajstić information content (AvgIpc) is 2.66. The van der Waals surface area contributed by atoms with E-state index in [1.54, 1.807) is 12.1 Å². The number of hydrogen-bond acceptors (Lipinski definition) is 2. The lowest BCUT2D eigenvalue weighted by atomic mass is 10.2. The molecule has 3 aromatic rings. The van der Waals surface area contributed by atoms with Gasteiger partial charge in [0, 0.05) is 23.9 Å². The van der Waals surface area contributed by atoms with Crippen LogP contribution in [0.25, 0.3) is 0 Å². The zero-order chi connectivity index (χ0) is 19.6. The van der Waals surface area contributed by atoms with Gasteiger partial charge in [-0.2, -0.15) is 0 Å². The van der Waals surface area contributed by atoms with Gasteiger partial charge in [-0.1, -0.05) is 53.6 Å². The van der Waals surface area contributed by atoms with E-state index in [4.69, 9.17) is 0 Å². The van der Waals surface area contributed by atoms with Crippen molar-refractivity contribution in [2.75, 3.05) is 10.6 Å².